The van der Waals surface area contributed by atoms with Crippen LogP contribution in [0.3, 0.4) is 0 Å². The Balaban J connectivity index is 2.29. The quantitative estimate of drug-likeness (QED) is 0.579. The standard InChI is InChI=1S/C9H19N3O2/c10-9(14)8-12-3-1-2-11(4-5-12)6-7-13/h13H,1-8H2,(H2,10,14). The van der Waals surface area contributed by atoms with Gasteiger partial charge in [-0.15, -0.1) is 0 Å². The van der Waals surface area contributed by atoms with Gasteiger partial charge in [-0.25, -0.2) is 0 Å². The predicted octanol–water partition coefficient (Wildman–Crippen LogP) is -1.53. The zero-order valence-corrected chi connectivity index (χ0v) is 8.48. The zero-order valence-electron chi connectivity index (χ0n) is 8.48. The van der Waals surface area contributed by atoms with Gasteiger partial charge in [-0.1, -0.05) is 0 Å². The van der Waals surface area contributed by atoms with Crippen LogP contribution >= 0.6 is 0 Å². The first-order chi connectivity index (χ1) is 6.72. The van der Waals surface area contributed by atoms with Crippen molar-refractivity contribution in [1.82, 2.24) is 9.80 Å². The lowest BCUT2D eigenvalue weighted by atomic mass is 10.4. The molecule has 1 aliphatic rings. The minimum Gasteiger partial charge on any atom is -0.395 e. The van der Waals surface area contributed by atoms with E-state index in [0.717, 1.165) is 39.1 Å². The summed E-state index contributed by atoms with van der Waals surface area (Å²) in [7, 11) is 0. The molecule has 1 heterocycles. The van der Waals surface area contributed by atoms with Crippen molar-refractivity contribution in [2.45, 2.75) is 6.42 Å². The molecular formula is C9H19N3O2. The fourth-order valence-corrected chi connectivity index (χ4v) is 1.77. The first-order valence-electron chi connectivity index (χ1n) is 5.06. The summed E-state index contributed by atoms with van der Waals surface area (Å²) in [4.78, 5) is 15.0. The molecule has 0 radical (unpaired) electrons. The summed E-state index contributed by atoms with van der Waals surface area (Å²) in [5.74, 6) is -0.263. The minimum atomic E-state index is -0.263. The Kier molecular flexibility index (Phi) is 4.86. The SMILES string of the molecule is NC(=O)CN1CCCN(CCO)CC1. The molecule has 0 aliphatic carbocycles. The van der Waals surface area contributed by atoms with Gasteiger partial charge < -0.3 is 10.8 Å². The first-order valence-corrected chi connectivity index (χ1v) is 5.06. The molecule has 1 saturated heterocycles. The molecular weight excluding hydrogens is 182 g/mol. The number of hydrogen-bond donors (Lipinski definition) is 2. The number of β-amino-alcohol motifs (C(OH)–C–C–N with tert-alkyl or cyclic N) is 1. The molecule has 0 aromatic heterocycles. The summed E-state index contributed by atoms with van der Waals surface area (Å²) in [6.07, 6.45) is 1.03. The second-order valence-electron chi connectivity index (χ2n) is 3.66. The average molecular weight is 201 g/mol. The number of carbonyl (C=O) groups excluding carboxylic acids is 1. The Hall–Kier alpha value is -0.650. The fourth-order valence-electron chi connectivity index (χ4n) is 1.77. The van der Waals surface area contributed by atoms with Gasteiger partial charge in [0.2, 0.25) is 5.91 Å². The van der Waals surface area contributed by atoms with Gasteiger partial charge in [-0.05, 0) is 19.5 Å². The third-order valence-electron chi connectivity index (χ3n) is 2.48. The van der Waals surface area contributed by atoms with Crippen LogP contribution in [0.15, 0.2) is 0 Å². The van der Waals surface area contributed by atoms with Crippen LogP contribution in [-0.4, -0.2) is 66.7 Å². The van der Waals surface area contributed by atoms with Crippen LogP contribution in [0.2, 0.25) is 0 Å². The van der Waals surface area contributed by atoms with Gasteiger partial charge in [0.25, 0.3) is 0 Å². The normalized spacial score (nSPS) is 20.6. The molecule has 1 aliphatic heterocycles. The monoisotopic (exact) mass is 201 g/mol. The predicted molar refractivity (Wildman–Crippen MR) is 53.8 cm³/mol. The van der Waals surface area contributed by atoms with Gasteiger partial charge in [0, 0.05) is 19.6 Å². The Labute approximate surface area is 84.5 Å². The van der Waals surface area contributed by atoms with E-state index in [1.165, 1.54) is 0 Å². The molecule has 5 heteroatoms. The van der Waals surface area contributed by atoms with Crippen LogP contribution in [-0.2, 0) is 4.79 Å². The van der Waals surface area contributed by atoms with Gasteiger partial charge in [0.05, 0.1) is 13.2 Å². The van der Waals surface area contributed by atoms with Crippen LogP contribution in [0.1, 0.15) is 6.42 Å². The van der Waals surface area contributed by atoms with Gasteiger partial charge >= 0.3 is 0 Å². The highest BCUT2D eigenvalue weighted by molar-refractivity contribution is 5.75. The maximum absolute atomic E-state index is 10.7. The average Bonchev–Trinajstić information content (AvgIpc) is 2.31. The molecule has 3 N–H and O–H groups in total. The first kappa shape index (κ1) is 11.4. The molecule has 14 heavy (non-hydrogen) atoms. The van der Waals surface area contributed by atoms with Crippen molar-refractivity contribution in [2.75, 3.05) is 45.9 Å². The van der Waals surface area contributed by atoms with Crippen LogP contribution in [0.5, 0.6) is 0 Å². The molecule has 1 amide bonds. The van der Waals surface area contributed by atoms with E-state index >= 15 is 0 Å². The van der Waals surface area contributed by atoms with Crippen LogP contribution in [0.4, 0.5) is 0 Å². The van der Waals surface area contributed by atoms with E-state index in [2.05, 4.69) is 9.80 Å². The molecule has 5 nitrogen and oxygen atoms in total. The topological polar surface area (TPSA) is 69.8 Å². The number of carbonyl (C=O) groups is 1. The molecule has 0 aromatic carbocycles. The summed E-state index contributed by atoms with van der Waals surface area (Å²) in [5, 5.41) is 8.79. The molecule has 1 fully saturated rings. The van der Waals surface area contributed by atoms with E-state index in [9.17, 15) is 4.79 Å². The molecule has 0 bridgehead atoms. The lowest BCUT2D eigenvalue weighted by molar-refractivity contribution is -0.119. The Morgan fingerprint density at radius 1 is 1.21 bits per heavy atom. The van der Waals surface area contributed by atoms with E-state index in [-0.39, 0.29) is 12.5 Å². The summed E-state index contributed by atoms with van der Waals surface area (Å²) in [6.45, 7) is 4.98. The molecule has 0 aromatic rings. The third-order valence-corrected chi connectivity index (χ3v) is 2.48. The van der Waals surface area contributed by atoms with E-state index < -0.39 is 0 Å². The van der Waals surface area contributed by atoms with Crippen LogP contribution < -0.4 is 5.73 Å². The number of primary amides is 1. The van der Waals surface area contributed by atoms with Crippen molar-refractivity contribution < 1.29 is 9.90 Å². The van der Waals surface area contributed by atoms with Crippen molar-refractivity contribution in [1.29, 1.82) is 0 Å². The summed E-state index contributed by atoms with van der Waals surface area (Å²) >= 11 is 0. The number of aliphatic hydroxyl groups is 1. The van der Waals surface area contributed by atoms with E-state index in [1.807, 2.05) is 0 Å². The molecule has 0 atom stereocenters. The Bertz CT molecular complexity index is 187. The number of nitrogens with two attached hydrogens (primary N) is 1. The van der Waals surface area contributed by atoms with Crippen LogP contribution in [0.25, 0.3) is 0 Å². The highest BCUT2D eigenvalue weighted by atomic mass is 16.3. The highest BCUT2D eigenvalue weighted by Crippen LogP contribution is 2.01. The maximum atomic E-state index is 10.7. The van der Waals surface area contributed by atoms with E-state index in [4.69, 9.17) is 10.8 Å². The minimum absolute atomic E-state index is 0.204. The number of aliphatic hydroxyl groups excluding tert-OH is 1. The molecule has 0 unspecified atom stereocenters. The highest BCUT2D eigenvalue weighted by Gasteiger charge is 2.15. The van der Waals surface area contributed by atoms with Crippen molar-refractivity contribution in [3.63, 3.8) is 0 Å². The van der Waals surface area contributed by atoms with Gasteiger partial charge in [-0.2, -0.15) is 0 Å². The van der Waals surface area contributed by atoms with E-state index in [0.29, 0.717) is 6.54 Å². The van der Waals surface area contributed by atoms with Crippen LogP contribution in [0, 0.1) is 0 Å². The van der Waals surface area contributed by atoms with Gasteiger partial charge in [0.15, 0.2) is 0 Å². The smallest absolute Gasteiger partial charge is 0.231 e. The Morgan fingerprint density at radius 3 is 2.50 bits per heavy atom. The van der Waals surface area contributed by atoms with Crippen molar-refractivity contribution in [3.8, 4) is 0 Å². The summed E-state index contributed by atoms with van der Waals surface area (Å²) in [6, 6.07) is 0. The zero-order chi connectivity index (χ0) is 10.4. The van der Waals surface area contributed by atoms with E-state index in [1.54, 1.807) is 0 Å². The van der Waals surface area contributed by atoms with Crippen molar-refractivity contribution in [2.24, 2.45) is 5.73 Å². The lowest BCUT2D eigenvalue weighted by Gasteiger charge is -2.19. The molecule has 0 saturated carbocycles. The lowest BCUT2D eigenvalue weighted by Crippen LogP contribution is -2.37. The van der Waals surface area contributed by atoms with Crippen molar-refractivity contribution >= 4 is 5.91 Å². The maximum Gasteiger partial charge on any atom is 0.231 e. The molecule has 82 valence electrons. The van der Waals surface area contributed by atoms with Gasteiger partial charge in [0.1, 0.15) is 0 Å². The molecule has 0 spiro atoms. The second kappa shape index (κ2) is 5.95. The number of hydrogen-bond acceptors (Lipinski definition) is 4. The third kappa shape index (κ3) is 4.04. The molecule has 1 rings (SSSR count). The summed E-state index contributed by atoms with van der Waals surface area (Å²) < 4.78 is 0. The van der Waals surface area contributed by atoms with Crippen molar-refractivity contribution in [3.05, 3.63) is 0 Å². The number of amides is 1. The fraction of sp³-hybridized carbons (Fsp3) is 0.889. The number of rotatable bonds is 4. The second-order valence-corrected chi connectivity index (χ2v) is 3.66. The largest absolute Gasteiger partial charge is 0.395 e. The summed E-state index contributed by atoms with van der Waals surface area (Å²) in [5.41, 5.74) is 5.13. The van der Waals surface area contributed by atoms with Gasteiger partial charge in [-0.3, -0.25) is 14.6 Å². The Morgan fingerprint density at radius 2 is 1.86 bits per heavy atom. The number of nitrogens with zero attached hydrogens (tertiary/aromatic N) is 2.